The highest BCUT2D eigenvalue weighted by molar-refractivity contribution is 8.24. The number of nitrogens with one attached hydrogen (secondary N) is 1. The molecule has 0 aliphatic carbocycles. The normalized spacial score (nSPS) is 11.3. The van der Waals surface area contributed by atoms with Gasteiger partial charge in [-0.3, -0.25) is 24.8 Å². The Morgan fingerprint density at radius 1 is 0.746 bits per heavy atom. The Kier molecular flexibility index (Phi) is 15.2. The van der Waals surface area contributed by atoms with Crippen molar-refractivity contribution in [2.75, 3.05) is 11.5 Å². The van der Waals surface area contributed by atoms with Crippen molar-refractivity contribution in [1.82, 2.24) is 29.1 Å². The summed E-state index contributed by atoms with van der Waals surface area (Å²) < 4.78 is 90.9. The number of nitro groups is 2. The van der Waals surface area contributed by atoms with Crippen LogP contribution >= 0.6 is 38.9 Å². The largest absolute Gasteiger partial charge is 0.478 e. The summed E-state index contributed by atoms with van der Waals surface area (Å²) in [7, 11) is 0. The van der Waals surface area contributed by atoms with Crippen molar-refractivity contribution in [2.45, 2.75) is 26.2 Å². The molecule has 27 heteroatoms. The van der Waals surface area contributed by atoms with Gasteiger partial charge in [0.1, 0.15) is 5.82 Å². The van der Waals surface area contributed by atoms with Gasteiger partial charge in [0.2, 0.25) is 0 Å². The molecule has 0 saturated heterocycles. The third kappa shape index (κ3) is 13.7. The summed E-state index contributed by atoms with van der Waals surface area (Å²) in [5.41, 5.74) is 11.5. The summed E-state index contributed by atoms with van der Waals surface area (Å²) >= 11 is 13.8. The minimum atomic E-state index is -4.60. The number of fused-ring (bicyclic) bond motifs is 1. The van der Waals surface area contributed by atoms with Crippen molar-refractivity contribution in [1.29, 1.82) is 0 Å². The van der Waals surface area contributed by atoms with Gasteiger partial charge in [-0.1, -0.05) is 0 Å². The molecular formula is C36H28Cl3F6N10O7P. The highest BCUT2D eigenvalue weighted by Gasteiger charge is 2.33. The van der Waals surface area contributed by atoms with E-state index in [4.69, 9.17) is 16.6 Å². The second-order valence-electron chi connectivity index (χ2n) is 12.7. The molecule has 0 aliphatic heterocycles. The monoisotopic (exact) mass is 962 g/mol. The molecule has 4 aromatic carbocycles. The van der Waals surface area contributed by atoms with E-state index < -0.39 is 50.1 Å². The van der Waals surface area contributed by atoms with E-state index in [9.17, 15) is 55.9 Å². The second kappa shape index (κ2) is 19.6. The lowest BCUT2D eigenvalue weighted by molar-refractivity contribution is -0.384. The fraction of sp³-hybridized carbons (Fsp3) is 0.111. The molecule has 17 nitrogen and oxygen atoms in total. The van der Waals surface area contributed by atoms with E-state index in [1.807, 2.05) is 0 Å². The zero-order valence-electron chi connectivity index (χ0n) is 31.8. The Balaban J connectivity index is 0.000000214. The molecule has 0 saturated carbocycles. The number of aryl methyl sites for hydroxylation is 2. The minimum absolute atomic E-state index is 0.0447. The molecule has 0 unspecified atom stereocenters. The molecule has 7 rings (SSSR count). The number of alkyl halides is 6. The maximum atomic E-state index is 13.4. The molecule has 63 heavy (non-hydrogen) atoms. The van der Waals surface area contributed by atoms with Crippen molar-refractivity contribution in [2.24, 2.45) is 0 Å². The number of carboxylic acid groups (broad SMARTS) is 1. The number of anilines is 2. The van der Waals surface area contributed by atoms with Crippen molar-refractivity contribution < 1.29 is 50.7 Å². The summed E-state index contributed by atoms with van der Waals surface area (Å²) in [5.74, 6) is -1.23. The SMILES string of the molecule is Cc1cncn1-c1cc(-c2nc3ccc([N+](=O)[O-])cc3[nH]2)cc(C(F)(F)F)c1.Cc1cncn1-c1cc(C(=O)O)cc(C(F)(F)F)c1.Nc1ccc([N+](=O)[O-])cc1N.O=P(Cl)(Cl)Cl. The molecule has 3 aromatic heterocycles. The van der Waals surface area contributed by atoms with Crippen molar-refractivity contribution in [3.63, 3.8) is 0 Å². The second-order valence-corrected chi connectivity index (χ2v) is 19.3. The zero-order valence-corrected chi connectivity index (χ0v) is 34.9. The van der Waals surface area contributed by atoms with E-state index >= 15 is 0 Å². The van der Waals surface area contributed by atoms with E-state index in [-0.39, 0.29) is 39.8 Å². The van der Waals surface area contributed by atoms with Gasteiger partial charge in [-0.05, 0) is 96.1 Å². The van der Waals surface area contributed by atoms with Gasteiger partial charge in [0.15, 0.2) is 0 Å². The van der Waals surface area contributed by atoms with Crippen LogP contribution in [0.4, 0.5) is 49.1 Å². The number of aromatic amines is 1. The lowest BCUT2D eigenvalue weighted by Crippen LogP contribution is -2.10. The van der Waals surface area contributed by atoms with Crippen LogP contribution in [0.15, 0.2) is 97.8 Å². The molecule has 0 atom stereocenters. The number of halogens is 9. The maximum Gasteiger partial charge on any atom is 0.416 e. The molecule has 7 aromatic rings. The minimum Gasteiger partial charge on any atom is -0.478 e. The van der Waals surface area contributed by atoms with Crippen LogP contribution in [0, 0.1) is 34.1 Å². The molecule has 6 N–H and O–H groups in total. The molecule has 0 bridgehead atoms. The maximum absolute atomic E-state index is 13.4. The number of benzene rings is 4. The zero-order chi connectivity index (χ0) is 47.2. The number of hydrogen-bond acceptors (Lipinski definition) is 11. The Bertz CT molecular complexity index is 2860. The fourth-order valence-electron chi connectivity index (χ4n) is 5.27. The van der Waals surface area contributed by atoms with Crippen molar-refractivity contribution >= 4 is 78.7 Å². The quantitative estimate of drug-likeness (QED) is 0.0399. The lowest BCUT2D eigenvalue weighted by Gasteiger charge is -2.13. The number of non-ortho nitro benzene ring substituents is 2. The molecule has 0 spiro atoms. The first-order valence-electron chi connectivity index (χ1n) is 16.9. The number of nitrogen functional groups attached to an aromatic ring is 2. The van der Waals surface area contributed by atoms with Crippen LogP contribution in [0.3, 0.4) is 0 Å². The highest BCUT2D eigenvalue weighted by atomic mass is 36.0. The van der Waals surface area contributed by atoms with Crippen LogP contribution in [-0.4, -0.2) is 50.0 Å². The van der Waals surface area contributed by atoms with Gasteiger partial charge in [0, 0.05) is 65.0 Å². The van der Waals surface area contributed by atoms with Gasteiger partial charge in [0.05, 0.1) is 61.6 Å². The topological polar surface area (TPSA) is 257 Å². The number of carbonyl (C=O) groups is 1. The van der Waals surface area contributed by atoms with Crippen LogP contribution < -0.4 is 11.5 Å². The molecule has 0 aliphatic rings. The summed E-state index contributed by atoms with van der Waals surface area (Å²) in [5, 5.41) is 26.7. The van der Waals surface area contributed by atoms with Crippen LogP contribution in [0.1, 0.15) is 32.9 Å². The van der Waals surface area contributed by atoms with Crippen LogP contribution in [0.5, 0.6) is 0 Å². The van der Waals surface area contributed by atoms with E-state index in [1.165, 1.54) is 70.5 Å². The first-order valence-corrected chi connectivity index (χ1v) is 21.3. The van der Waals surface area contributed by atoms with Gasteiger partial charge >= 0.3 is 23.5 Å². The van der Waals surface area contributed by atoms with Gasteiger partial charge < -0.3 is 30.7 Å². The van der Waals surface area contributed by atoms with Gasteiger partial charge in [0.25, 0.3) is 11.4 Å². The molecule has 0 radical (unpaired) electrons. The van der Waals surface area contributed by atoms with Gasteiger partial charge in [-0.25, -0.2) is 19.7 Å². The number of carboxylic acids is 1. The van der Waals surface area contributed by atoms with E-state index in [0.29, 0.717) is 34.2 Å². The number of H-pyrrole nitrogens is 1. The summed E-state index contributed by atoms with van der Waals surface area (Å²) in [6.07, 6.45) is -3.38. The number of nitro benzene ring substituents is 2. The van der Waals surface area contributed by atoms with Gasteiger partial charge in [-0.2, -0.15) is 26.3 Å². The third-order valence-corrected chi connectivity index (χ3v) is 8.17. The number of hydrogen-bond donors (Lipinski definition) is 4. The average Bonchev–Trinajstić information content (AvgIpc) is 3.94. The predicted octanol–water partition coefficient (Wildman–Crippen LogP) is 11.1. The predicted molar refractivity (Wildman–Crippen MR) is 222 cm³/mol. The number of nitrogens with zero attached hydrogens (tertiary/aromatic N) is 7. The van der Waals surface area contributed by atoms with E-state index in [0.717, 1.165) is 18.2 Å². The number of aromatic nitrogens is 6. The molecule has 3 heterocycles. The van der Waals surface area contributed by atoms with Crippen molar-refractivity contribution in [3.8, 4) is 22.8 Å². The van der Waals surface area contributed by atoms with Crippen LogP contribution in [0.25, 0.3) is 33.8 Å². The first-order chi connectivity index (χ1) is 29.1. The lowest BCUT2D eigenvalue weighted by atomic mass is 10.1. The van der Waals surface area contributed by atoms with Gasteiger partial charge in [-0.15, -0.1) is 0 Å². The molecule has 0 amide bonds. The molecular weight excluding hydrogens is 936 g/mol. The van der Waals surface area contributed by atoms with E-state index in [1.54, 1.807) is 26.1 Å². The Labute approximate surface area is 363 Å². The molecule has 0 fully saturated rings. The number of nitrogens with two attached hydrogens (primary N) is 2. The third-order valence-electron chi connectivity index (χ3n) is 8.17. The van der Waals surface area contributed by atoms with E-state index in [2.05, 4.69) is 53.7 Å². The number of imidazole rings is 3. The number of aromatic carboxylic acids is 1. The average molecular weight is 964 g/mol. The number of rotatable bonds is 6. The van der Waals surface area contributed by atoms with Crippen LogP contribution in [0.2, 0.25) is 0 Å². The Morgan fingerprint density at radius 3 is 1.67 bits per heavy atom. The standard InChI is InChI=1S/C18H12F3N5O2.C12H9F3N2O2.C6H7N3O2.Cl3OP/c1-10-8-22-9-25(10)14-5-11(4-12(6-14)18(19,20)21)17-23-15-3-2-13(26(27)28)7-16(15)24-17;1-7-5-16-6-17(7)10-3-8(11(18)19)2-9(4-10)12(13,14)15;7-5-2-1-4(9(10)11)3-6(5)8;1-5(2,3)4/h2-9H,1H3,(H,23,24);2-6H,1H3,(H,18,19);1-3H,7-8H2;. The van der Waals surface area contributed by atoms with Crippen molar-refractivity contribution in [3.05, 3.63) is 146 Å². The Hall–Kier alpha value is -6.68. The fourth-order valence-corrected chi connectivity index (χ4v) is 5.27. The highest BCUT2D eigenvalue weighted by Crippen LogP contribution is 2.61. The summed E-state index contributed by atoms with van der Waals surface area (Å²) in [4.78, 5) is 45.8. The smallest absolute Gasteiger partial charge is 0.416 e. The molecule has 332 valence electrons. The first kappa shape index (κ1) is 49.0. The summed E-state index contributed by atoms with van der Waals surface area (Å²) in [6, 6.07) is 14.2. The van der Waals surface area contributed by atoms with Crippen LogP contribution in [-0.2, 0) is 16.9 Å². The summed E-state index contributed by atoms with van der Waals surface area (Å²) in [6.45, 7) is 3.39. The Morgan fingerprint density at radius 2 is 1.22 bits per heavy atom.